The quantitative estimate of drug-likeness (QED) is 0.789. The summed E-state index contributed by atoms with van der Waals surface area (Å²) in [5, 5.41) is 0. The Bertz CT molecular complexity index is 752. The van der Waals surface area contributed by atoms with Crippen LogP contribution in [0, 0.1) is 0 Å². The predicted octanol–water partition coefficient (Wildman–Crippen LogP) is 1.49. The van der Waals surface area contributed by atoms with Crippen LogP contribution in [0.5, 0.6) is 5.75 Å². The Morgan fingerprint density at radius 3 is 2.73 bits per heavy atom. The Hall–Kier alpha value is -1.64. The van der Waals surface area contributed by atoms with Gasteiger partial charge in [-0.2, -0.15) is 4.31 Å². The summed E-state index contributed by atoms with van der Waals surface area (Å²) in [5.74, 6) is 0.437. The van der Waals surface area contributed by atoms with Crippen LogP contribution in [0.4, 0.5) is 0 Å². The zero-order valence-electron chi connectivity index (χ0n) is 15.3. The van der Waals surface area contributed by atoms with Crippen LogP contribution in [0.25, 0.3) is 0 Å². The first-order chi connectivity index (χ1) is 12.5. The van der Waals surface area contributed by atoms with E-state index < -0.39 is 10.0 Å². The first-order valence-corrected chi connectivity index (χ1v) is 10.5. The molecule has 0 bridgehead atoms. The molecule has 0 unspecified atom stereocenters. The van der Waals surface area contributed by atoms with E-state index in [2.05, 4.69) is 0 Å². The molecule has 1 amide bonds. The number of hydrogen-bond acceptors (Lipinski definition) is 5. The van der Waals surface area contributed by atoms with E-state index in [9.17, 15) is 13.2 Å². The molecular weight excluding hydrogens is 356 g/mol. The second-order valence-corrected chi connectivity index (χ2v) is 8.44. The molecule has 0 aromatic heterocycles. The zero-order valence-corrected chi connectivity index (χ0v) is 16.1. The number of benzene rings is 1. The van der Waals surface area contributed by atoms with Crippen molar-refractivity contribution in [2.75, 3.05) is 33.4 Å². The second kappa shape index (κ2) is 7.94. The van der Waals surface area contributed by atoms with E-state index in [1.807, 2.05) is 6.92 Å². The number of fused-ring (bicyclic) bond motifs is 2. The summed E-state index contributed by atoms with van der Waals surface area (Å²) in [7, 11) is -2.05. The number of carbonyl (C=O) groups is 1. The van der Waals surface area contributed by atoms with Gasteiger partial charge >= 0.3 is 0 Å². The van der Waals surface area contributed by atoms with Gasteiger partial charge in [-0.15, -0.1) is 0 Å². The minimum atomic E-state index is -3.62. The maximum atomic E-state index is 13.1. The van der Waals surface area contributed by atoms with Crippen LogP contribution in [0.1, 0.15) is 26.2 Å². The molecule has 0 N–H and O–H groups in total. The highest BCUT2D eigenvalue weighted by molar-refractivity contribution is 7.89. The molecular formula is C18H26N2O5S. The van der Waals surface area contributed by atoms with Crippen molar-refractivity contribution in [3.63, 3.8) is 0 Å². The topological polar surface area (TPSA) is 76.2 Å². The summed E-state index contributed by atoms with van der Waals surface area (Å²) < 4.78 is 38.9. The summed E-state index contributed by atoms with van der Waals surface area (Å²) in [6, 6.07) is 6.51. The van der Waals surface area contributed by atoms with Crippen LogP contribution in [-0.2, 0) is 19.6 Å². The Balaban J connectivity index is 1.88. The Morgan fingerprint density at radius 2 is 2.00 bits per heavy atom. The Kier molecular flexibility index (Phi) is 5.84. The van der Waals surface area contributed by atoms with Gasteiger partial charge in [0.2, 0.25) is 15.9 Å². The molecule has 0 aliphatic carbocycles. The van der Waals surface area contributed by atoms with Gasteiger partial charge in [0.05, 0.1) is 19.1 Å². The minimum absolute atomic E-state index is 0.0367. The monoisotopic (exact) mass is 382 g/mol. The summed E-state index contributed by atoms with van der Waals surface area (Å²) in [6.45, 7) is 3.69. The minimum Gasteiger partial charge on any atom is -0.487 e. The van der Waals surface area contributed by atoms with E-state index in [0.717, 1.165) is 0 Å². The molecule has 7 nitrogen and oxygen atoms in total. The van der Waals surface area contributed by atoms with Crippen molar-refractivity contribution in [2.45, 2.75) is 43.2 Å². The van der Waals surface area contributed by atoms with Crippen molar-refractivity contribution in [3.8, 4) is 5.75 Å². The summed E-state index contributed by atoms with van der Waals surface area (Å²) in [4.78, 5) is 14.4. The van der Waals surface area contributed by atoms with Crippen molar-refractivity contribution in [1.29, 1.82) is 0 Å². The first-order valence-electron chi connectivity index (χ1n) is 9.03. The van der Waals surface area contributed by atoms with Crippen molar-refractivity contribution < 1.29 is 22.7 Å². The van der Waals surface area contributed by atoms with Gasteiger partial charge in [-0.3, -0.25) is 4.79 Å². The summed E-state index contributed by atoms with van der Waals surface area (Å²) >= 11 is 0. The van der Waals surface area contributed by atoms with Crippen LogP contribution in [0.15, 0.2) is 29.2 Å². The third kappa shape index (κ3) is 3.58. The maximum absolute atomic E-state index is 13.1. The third-order valence-corrected chi connectivity index (χ3v) is 7.12. The van der Waals surface area contributed by atoms with Gasteiger partial charge in [0.1, 0.15) is 16.7 Å². The number of ether oxygens (including phenoxy) is 2. The largest absolute Gasteiger partial charge is 0.487 e. The van der Waals surface area contributed by atoms with Gasteiger partial charge in [-0.25, -0.2) is 8.42 Å². The van der Waals surface area contributed by atoms with Crippen LogP contribution < -0.4 is 4.74 Å². The fraction of sp³-hybridized carbons (Fsp3) is 0.611. The molecule has 8 heteroatoms. The van der Waals surface area contributed by atoms with Crippen molar-refractivity contribution >= 4 is 15.9 Å². The number of amides is 1. The molecule has 0 radical (unpaired) electrons. The molecule has 0 spiro atoms. The number of para-hydroxylation sites is 1. The fourth-order valence-electron chi connectivity index (χ4n) is 3.76. The number of hydrogen-bond donors (Lipinski definition) is 0. The van der Waals surface area contributed by atoms with Crippen LogP contribution in [0.2, 0.25) is 0 Å². The highest BCUT2D eigenvalue weighted by Crippen LogP contribution is 2.36. The van der Waals surface area contributed by atoms with Gasteiger partial charge in [-0.1, -0.05) is 19.1 Å². The van der Waals surface area contributed by atoms with E-state index in [4.69, 9.17) is 9.47 Å². The van der Waals surface area contributed by atoms with Gasteiger partial charge in [-0.05, 0) is 18.6 Å². The Labute approximate surface area is 154 Å². The number of rotatable bonds is 4. The molecule has 3 rings (SSSR count). The van der Waals surface area contributed by atoms with Crippen molar-refractivity contribution in [3.05, 3.63) is 24.3 Å². The van der Waals surface area contributed by atoms with Gasteiger partial charge < -0.3 is 14.4 Å². The number of sulfonamides is 1. The van der Waals surface area contributed by atoms with Crippen molar-refractivity contribution in [2.24, 2.45) is 0 Å². The second-order valence-electron chi connectivity index (χ2n) is 6.58. The fourth-order valence-corrected chi connectivity index (χ4v) is 5.57. The molecule has 2 atom stereocenters. The molecule has 1 aromatic rings. The molecule has 1 aromatic carbocycles. The molecule has 26 heavy (non-hydrogen) atoms. The average molecular weight is 382 g/mol. The first kappa shape index (κ1) is 19.1. The molecule has 0 saturated carbocycles. The Morgan fingerprint density at radius 1 is 1.27 bits per heavy atom. The molecule has 2 heterocycles. The highest BCUT2D eigenvalue weighted by Gasteiger charge is 2.42. The predicted molar refractivity (Wildman–Crippen MR) is 96.5 cm³/mol. The number of carbonyl (C=O) groups excluding carboxylic acids is 1. The zero-order chi connectivity index (χ0) is 18.7. The SMILES string of the molecule is CCN1[C@@H]2CCN(C(=O)CCOC)CC[C@H]2Oc2ccccc2S1(=O)=O. The molecule has 2 aliphatic rings. The standard InChI is InChI=1S/C18H26N2O5S/c1-3-20-14-8-11-19(18(21)10-13-24-2)12-9-15(14)25-16-6-4-5-7-17(16)26(20,22)23/h4-7,14-15H,3,8-13H2,1-2H3/t14-,15-/m1/s1. The number of nitrogens with zero attached hydrogens (tertiary/aromatic N) is 2. The van der Waals surface area contributed by atoms with Crippen molar-refractivity contribution in [1.82, 2.24) is 9.21 Å². The smallest absolute Gasteiger partial charge is 0.247 e. The van der Waals surface area contributed by atoms with E-state index in [-0.39, 0.29) is 22.9 Å². The molecule has 2 aliphatic heterocycles. The molecule has 1 fully saturated rings. The lowest BCUT2D eigenvalue weighted by Crippen LogP contribution is -2.47. The maximum Gasteiger partial charge on any atom is 0.247 e. The number of methoxy groups -OCH3 is 1. The summed E-state index contributed by atoms with van der Waals surface area (Å²) in [5.41, 5.74) is 0. The van der Waals surface area contributed by atoms with Crippen LogP contribution in [-0.4, -0.2) is 69.0 Å². The van der Waals surface area contributed by atoms with Gasteiger partial charge in [0.25, 0.3) is 0 Å². The van der Waals surface area contributed by atoms with E-state index in [0.29, 0.717) is 51.3 Å². The highest BCUT2D eigenvalue weighted by atomic mass is 32.2. The van der Waals surface area contributed by atoms with Crippen LogP contribution in [0.3, 0.4) is 0 Å². The van der Waals surface area contributed by atoms with Gasteiger partial charge in [0, 0.05) is 33.2 Å². The van der Waals surface area contributed by atoms with Gasteiger partial charge in [0.15, 0.2) is 0 Å². The lowest BCUT2D eigenvalue weighted by molar-refractivity contribution is -0.132. The normalized spacial score (nSPS) is 25.4. The number of likely N-dealkylation sites (N-methyl/N-ethyl adjacent to an activating group) is 1. The third-order valence-electron chi connectivity index (χ3n) is 5.08. The summed E-state index contributed by atoms with van der Waals surface area (Å²) in [6.07, 6.45) is 1.23. The lowest BCUT2D eigenvalue weighted by atomic mass is 10.1. The number of likely N-dealkylation sites (tertiary alicyclic amines) is 1. The molecule has 144 valence electrons. The van der Waals surface area contributed by atoms with Crippen LogP contribution >= 0.6 is 0 Å². The van der Waals surface area contributed by atoms with E-state index in [1.54, 1.807) is 36.3 Å². The van der Waals surface area contributed by atoms with E-state index >= 15 is 0 Å². The average Bonchev–Trinajstić information content (AvgIpc) is 2.87. The van der Waals surface area contributed by atoms with E-state index in [1.165, 1.54) is 4.31 Å². The molecule has 1 saturated heterocycles. The lowest BCUT2D eigenvalue weighted by Gasteiger charge is -2.30.